The van der Waals surface area contributed by atoms with Crippen molar-refractivity contribution in [3.63, 3.8) is 0 Å². The molecule has 30 heavy (non-hydrogen) atoms. The number of rotatable bonds is 9. The number of carbonyl (C=O) groups excluding carboxylic acids is 1. The fraction of sp³-hybridized carbons (Fsp3) is 0.391. The lowest BCUT2D eigenvalue weighted by molar-refractivity contribution is 0.0526. The van der Waals surface area contributed by atoms with E-state index in [1.807, 2.05) is 52.0 Å². The normalized spacial score (nSPS) is 11.4. The highest BCUT2D eigenvalue weighted by Gasteiger charge is 2.13. The second-order valence-electron chi connectivity index (χ2n) is 6.64. The monoisotopic (exact) mass is 430 g/mol. The molecule has 0 fully saturated rings. The Balaban J connectivity index is 2.05. The van der Waals surface area contributed by atoms with Crippen molar-refractivity contribution in [1.29, 1.82) is 0 Å². The molecule has 0 spiro atoms. The van der Waals surface area contributed by atoms with Gasteiger partial charge in [-0.2, -0.15) is 0 Å². The topological polar surface area (TPSA) is 68.8 Å². The molecule has 2 aromatic rings. The lowest BCUT2D eigenvalue weighted by Gasteiger charge is -2.20. The number of esters is 1. The quantitative estimate of drug-likeness (QED) is 0.428. The average Bonchev–Trinajstić information content (AvgIpc) is 2.71. The molecule has 2 aromatic carbocycles. The number of anilines is 1. The third kappa shape index (κ3) is 6.35. The number of thiocarbonyl (C=S) groups is 1. The molecule has 0 aromatic heterocycles. The first kappa shape index (κ1) is 23.5. The van der Waals surface area contributed by atoms with Gasteiger partial charge in [-0.3, -0.25) is 0 Å². The van der Waals surface area contributed by atoms with E-state index < -0.39 is 0 Å². The molecule has 2 rings (SSSR count). The first-order valence-corrected chi connectivity index (χ1v) is 10.5. The Morgan fingerprint density at radius 2 is 1.70 bits per heavy atom. The van der Waals surface area contributed by atoms with Gasteiger partial charge in [0.25, 0.3) is 0 Å². The largest absolute Gasteiger partial charge is 0.490 e. The molecule has 0 radical (unpaired) electrons. The van der Waals surface area contributed by atoms with Crippen molar-refractivity contribution in [3.8, 4) is 11.5 Å². The summed E-state index contributed by atoms with van der Waals surface area (Å²) in [6.45, 7) is 11.1. The molecule has 0 saturated heterocycles. The van der Waals surface area contributed by atoms with Gasteiger partial charge in [0.05, 0.1) is 31.4 Å². The van der Waals surface area contributed by atoms with E-state index in [1.54, 1.807) is 19.1 Å². The van der Waals surface area contributed by atoms with Crippen LogP contribution in [0.2, 0.25) is 0 Å². The van der Waals surface area contributed by atoms with Gasteiger partial charge in [-0.15, -0.1) is 0 Å². The molecular weight excluding hydrogens is 400 g/mol. The zero-order valence-electron chi connectivity index (χ0n) is 18.2. The second kappa shape index (κ2) is 11.4. The Labute approximate surface area is 183 Å². The summed E-state index contributed by atoms with van der Waals surface area (Å²) in [7, 11) is 0. The first-order chi connectivity index (χ1) is 14.4. The van der Waals surface area contributed by atoms with Crippen LogP contribution >= 0.6 is 12.2 Å². The molecule has 0 aliphatic heterocycles. The number of nitrogens with one attached hydrogen (secondary N) is 2. The molecule has 2 N–H and O–H groups in total. The van der Waals surface area contributed by atoms with Gasteiger partial charge in [-0.25, -0.2) is 4.79 Å². The third-order valence-electron chi connectivity index (χ3n) is 4.40. The standard InChI is InChI=1S/C23H30N2O4S/c1-6-27-20-12-10-17(14-21(20)28-7-2)16(5)24-23(30)25-19-11-9-18(13-15(19)4)22(26)29-8-3/h9-14,16H,6-8H2,1-5H3,(H2,24,25,30)/t16-/m0/s1. The lowest BCUT2D eigenvalue weighted by Crippen LogP contribution is -2.31. The third-order valence-corrected chi connectivity index (χ3v) is 4.62. The van der Waals surface area contributed by atoms with Crippen molar-refractivity contribution in [2.75, 3.05) is 25.1 Å². The van der Waals surface area contributed by atoms with Crippen molar-refractivity contribution < 1.29 is 19.0 Å². The summed E-state index contributed by atoms with van der Waals surface area (Å²) in [5.41, 5.74) is 3.27. The molecule has 0 unspecified atom stereocenters. The van der Waals surface area contributed by atoms with Crippen LogP contribution in [-0.2, 0) is 4.74 Å². The second-order valence-corrected chi connectivity index (χ2v) is 7.05. The molecule has 0 aliphatic rings. The predicted octanol–water partition coefficient (Wildman–Crippen LogP) is 5.02. The van der Waals surface area contributed by atoms with Crippen LogP contribution in [-0.4, -0.2) is 30.9 Å². The average molecular weight is 431 g/mol. The predicted molar refractivity (Wildman–Crippen MR) is 124 cm³/mol. The van der Waals surface area contributed by atoms with Crippen LogP contribution in [0.15, 0.2) is 36.4 Å². The van der Waals surface area contributed by atoms with E-state index in [0.717, 1.165) is 28.3 Å². The molecule has 0 heterocycles. The molecule has 0 amide bonds. The van der Waals surface area contributed by atoms with Crippen molar-refractivity contribution >= 4 is 29.0 Å². The minimum absolute atomic E-state index is 0.0426. The summed E-state index contributed by atoms with van der Waals surface area (Å²) in [5.74, 6) is 1.12. The number of hydrogen-bond donors (Lipinski definition) is 2. The van der Waals surface area contributed by atoms with Crippen LogP contribution < -0.4 is 20.1 Å². The zero-order valence-corrected chi connectivity index (χ0v) is 19.0. The molecule has 0 aliphatic carbocycles. The Hall–Kier alpha value is -2.80. The summed E-state index contributed by atoms with van der Waals surface area (Å²) in [6.07, 6.45) is 0. The lowest BCUT2D eigenvalue weighted by atomic mass is 10.1. The minimum atomic E-state index is -0.331. The van der Waals surface area contributed by atoms with Crippen LogP contribution in [0.1, 0.15) is 55.2 Å². The minimum Gasteiger partial charge on any atom is -0.490 e. The van der Waals surface area contributed by atoms with Gasteiger partial charge >= 0.3 is 5.97 Å². The van der Waals surface area contributed by atoms with Crippen LogP contribution in [0, 0.1) is 6.92 Å². The number of carbonyl (C=O) groups is 1. The van der Waals surface area contributed by atoms with Gasteiger partial charge < -0.3 is 24.8 Å². The summed E-state index contributed by atoms with van der Waals surface area (Å²) < 4.78 is 16.4. The van der Waals surface area contributed by atoms with E-state index in [9.17, 15) is 4.79 Å². The maximum absolute atomic E-state index is 11.9. The highest BCUT2D eigenvalue weighted by Crippen LogP contribution is 2.30. The number of hydrogen-bond acceptors (Lipinski definition) is 5. The van der Waals surface area contributed by atoms with Crippen LogP contribution in [0.3, 0.4) is 0 Å². The zero-order chi connectivity index (χ0) is 22.1. The van der Waals surface area contributed by atoms with Crippen LogP contribution in [0.4, 0.5) is 5.69 Å². The van der Waals surface area contributed by atoms with Crippen molar-refractivity contribution in [1.82, 2.24) is 5.32 Å². The molecule has 0 bridgehead atoms. The maximum Gasteiger partial charge on any atom is 0.338 e. The Morgan fingerprint density at radius 1 is 1.00 bits per heavy atom. The van der Waals surface area contributed by atoms with E-state index in [-0.39, 0.29) is 12.0 Å². The molecule has 7 heteroatoms. The summed E-state index contributed by atoms with van der Waals surface area (Å²) in [5, 5.41) is 6.96. The number of aryl methyl sites for hydroxylation is 1. The van der Waals surface area contributed by atoms with E-state index in [1.165, 1.54) is 0 Å². The van der Waals surface area contributed by atoms with E-state index in [2.05, 4.69) is 10.6 Å². The van der Waals surface area contributed by atoms with Gasteiger partial charge in [0.15, 0.2) is 16.6 Å². The van der Waals surface area contributed by atoms with E-state index >= 15 is 0 Å². The van der Waals surface area contributed by atoms with E-state index in [0.29, 0.717) is 30.5 Å². The molecule has 6 nitrogen and oxygen atoms in total. The maximum atomic E-state index is 11.9. The molecule has 1 atom stereocenters. The number of benzene rings is 2. The Bertz CT molecular complexity index is 886. The summed E-state index contributed by atoms with van der Waals surface area (Å²) in [4.78, 5) is 11.9. The Morgan fingerprint density at radius 3 is 2.33 bits per heavy atom. The molecule has 0 saturated carbocycles. The first-order valence-electron chi connectivity index (χ1n) is 10.1. The van der Waals surface area contributed by atoms with Crippen molar-refractivity contribution in [3.05, 3.63) is 53.1 Å². The van der Waals surface area contributed by atoms with Crippen LogP contribution in [0.25, 0.3) is 0 Å². The smallest absolute Gasteiger partial charge is 0.338 e. The van der Waals surface area contributed by atoms with E-state index in [4.69, 9.17) is 26.4 Å². The Kier molecular flexibility index (Phi) is 8.92. The van der Waals surface area contributed by atoms with Crippen molar-refractivity contribution in [2.45, 2.75) is 40.7 Å². The highest BCUT2D eigenvalue weighted by molar-refractivity contribution is 7.80. The van der Waals surface area contributed by atoms with Gasteiger partial charge in [-0.05, 0) is 88.3 Å². The molecular formula is C23H30N2O4S. The number of ether oxygens (including phenoxy) is 3. The molecule has 162 valence electrons. The van der Waals surface area contributed by atoms with Gasteiger partial charge in [0, 0.05) is 5.69 Å². The van der Waals surface area contributed by atoms with Gasteiger partial charge in [0.2, 0.25) is 0 Å². The fourth-order valence-corrected chi connectivity index (χ4v) is 3.21. The van der Waals surface area contributed by atoms with Crippen molar-refractivity contribution in [2.24, 2.45) is 0 Å². The highest BCUT2D eigenvalue weighted by atomic mass is 32.1. The summed E-state index contributed by atoms with van der Waals surface area (Å²) >= 11 is 5.48. The van der Waals surface area contributed by atoms with Gasteiger partial charge in [-0.1, -0.05) is 6.07 Å². The summed E-state index contributed by atoms with van der Waals surface area (Å²) in [6, 6.07) is 11.2. The SMILES string of the molecule is CCOC(=O)c1ccc(NC(=S)N[C@@H](C)c2ccc(OCC)c(OCC)c2)c(C)c1. The van der Waals surface area contributed by atoms with Gasteiger partial charge in [0.1, 0.15) is 0 Å². The van der Waals surface area contributed by atoms with Crippen LogP contribution in [0.5, 0.6) is 11.5 Å². The fourth-order valence-electron chi connectivity index (χ4n) is 2.92.